The van der Waals surface area contributed by atoms with E-state index in [4.69, 9.17) is 0 Å². The third-order valence-electron chi connectivity index (χ3n) is 3.29. The summed E-state index contributed by atoms with van der Waals surface area (Å²) in [5.74, 6) is 0.152. The second kappa shape index (κ2) is 6.80. The van der Waals surface area contributed by atoms with Gasteiger partial charge in [-0.15, -0.1) is 0 Å². The van der Waals surface area contributed by atoms with Gasteiger partial charge in [0.15, 0.2) is 0 Å². The highest BCUT2D eigenvalue weighted by atomic mass is 79.9. The predicted octanol–water partition coefficient (Wildman–Crippen LogP) is 3.64. The third kappa shape index (κ3) is 3.67. The van der Waals surface area contributed by atoms with Crippen LogP contribution in [-0.2, 0) is 13.1 Å². The van der Waals surface area contributed by atoms with E-state index in [1.54, 1.807) is 24.1 Å². The van der Waals surface area contributed by atoms with Crippen molar-refractivity contribution in [2.75, 3.05) is 7.05 Å². The van der Waals surface area contributed by atoms with Gasteiger partial charge in [0.25, 0.3) is 5.91 Å². The van der Waals surface area contributed by atoms with Gasteiger partial charge in [-0.3, -0.25) is 4.79 Å². The lowest BCUT2D eigenvalue weighted by Gasteiger charge is -2.19. The minimum absolute atomic E-state index is 0.0580. The molecule has 1 N–H and O–H groups in total. The molecule has 2 rings (SSSR count). The molecule has 0 aliphatic carbocycles. The van der Waals surface area contributed by atoms with Crippen molar-refractivity contribution in [3.05, 3.63) is 52.3 Å². The fraction of sp³-hybridized carbons (Fsp3) is 0.312. The van der Waals surface area contributed by atoms with E-state index < -0.39 is 0 Å². The molecule has 4 nitrogen and oxygen atoms in total. The molecule has 0 saturated carbocycles. The molecule has 0 radical (unpaired) electrons. The number of benzene rings is 1. The second-order valence-electron chi connectivity index (χ2n) is 5.03. The van der Waals surface area contributed by atoms with Gasteiger partial charge in [0.1, 0.15) is 11.4 Å². The monoisotopic (exact) mass is 350 g/mol. The molecule has 21 heavy (non-hydrogen) atoms. The number of rotatable bonds is 5. The summed E-state index contributed by atoms with van der Waals surface area (Å²) in [6, 6.07) is 8.90. The molecule has 112 valence electrons. The molecule has 0 aliphatic heterocycles. The van der Waals surface area contributed by atoms with Crippen molar-refractivity contribution in [3.8, 4) is 5.75 Å². The van der Waals surface area contributed by atoms with Crippen molar-refractivity contribution in [1.82, 2.24) is 9.47 Å². The van der Waals surface area contributed by atoms with Crippen LogP contribution >= 0.6 is 15.9 Å². The van der Waals surface area contributed by atoms with Crippen molar-refractivity contribution >= 4 is 21.8 Å². The van der Waals surface area contributed by atoms with E-state index in [0.29, 0.717) is 12.2 Å². The lowest BCUT2D eigenvalue weighted by molar-refractivity contribution is 0.0773. The Morgan fingerprint density at radius 1 is 1.38 bits per heavy atom. The molecular formula is C16H19BrN2O2. The summed E-state index contributed by atoms with van der Waals surface area (Å²) < 4.78 is 2.85. The molecule has 0 unspecified atom stereocenters. The largest absolute Gasteiger partial charge is 0.508 e. The highest BCUT2D eigenvalue weighted by molar-refractivity contribution is 9.10. The maximum absolute atomic E-state index is 12.6. The number of carbonyl (C=O) groups is 1. The van der Waals surface area contributed by atoms with Crippen LogP contribution in [0.15, 0.2) is 41.0 Å². The Hall–Kier alpha value is -1.75. The number of amides is 1. The van der Waals surface area contributed by atoms with Crippen LogP contribution in [0.4, 0.5) is 0 Å². The zero-order valence-electron chi connectivity index (χ0n) is 12.2. The minimum Gasteiger partial charge on any atom is -0.508 e. The third-order valence-corrected chi connectivity index (χ3v) is 3.73. The SMILES string of the molecule is CCCn1cc(Br)cc1C(=O)N(C)Cc1ccccc1O. The van der Waals surface area contributed by atoms with Gasteiger partial charge in [-0.2, -0.15) is 0 Å². The summed E-state index contributed by atoms with van der Waals surface area (Å²) in [6.45, 7) is 3.26. The van der Waals surface area contributed by atoms with Gasteiger partial charge >= 0.3 is 0 Å². The Morgan fingerprint density at radius 2 is 2.10 bits per heavy atom. The standard InChI is InChI=1S/C16H19BrN2O2/c1-3-8-19-11-13(17)9-14(19)16(21)18(2)10-12-6-4-5-7-15(12)20/h4-7,9,11,20H,3,8,10H2,1-2H3. The number of hydrogen-bond donors (Lipinski definition) is 1. The molecule has 0 bridgehead atoms. The Labute approximate surface area is 133 Å². The molecule has 1 amide bonds. The Kier molecular flexibility index (Phi) is 5.07. The van der Waals surface area contributed by atoms with E-state index in [1.165, 1.54) is 0 Å². The summed E-state index contributed by atoms with van der Waals surface area (Å²) in [5, 5.41) is 9.80. The average molecular weight is 351 g/mol. The highest BCUT2D eigenvalue weighted by Crippen LogP contribution is 2.20. The lowest BCUT2D eigenvalue weighted by atomic mass is 10.2. The first kappa shape index (κ1) is 15.6. The molecule has 1 aromatic heterocycles. The zero-order valence-corrected chi connectivity index (χ0v) is 13.8. The topological polar surface area (TPSA) is 45.5 Å². The number of nitrogens with zero attached hydrogens (tertiary/aromatic N) is 2. The summed E-state index contributed by atoms with van der Waals surface area (Å²) in [5.41, 5.74) is 1.39. The van der Waals surface area contributed by atoms with Gasteiger partial charge < -0.3 is 14.6 Å². The van der Waals surface area contributed by atoms with E-state index in [1.807, 2.05) is 29.0 Å². The summed E-state index contributed by atoms with van der Waals surface area (Å²) in [7, 11) is 1.74. The van der Waals surface area contributed by atoms with Crippen LogP contribution < -0.4 is 0 Å². The molecular weight excluding hydrogens is 332 g/mol. The maximum Gasteiger partial charge on any atom is 0.270 e. The molecule has 1 aromatic carbocycles. The minimum atomic E-state index is -0.0580. The number of para-hydroxylation sites is 1. The van der Waals surface area contributed by atoms with Crippen molar-refractivity contribution in [1.29, 1.82) is 0 Å². The smallest absolute Gasteiger partial charge is 0.270 e. The first-order valence-electron chi connectivity index (χ1n) is 6.91. The van der Waals surface area contributed by atoms with Crippen molar-refractivity contribution in [2.24, 2.45) is 0 Å². The molecule has 0 atom stereocenters. The summed E-state index contributed by atoms with van der Waals surface area (Å²) in [4.78, 5) is 14.2. The van der Waals surface area contributed by atoms with Crippen LogP contribution in [-0.4, -0.2) is 27.5 Å². The van der Waals surface area contributed by atoms with Crippen LogP contribution in [0.25, 0.3) is 0 Å². The number of halogens is 1. The Bertz CT molecular complexity index is 637. The number of aromatic nitrogens is 1. The van der Waals surface area contributed by atoms with Gasteiger partial charge in [0.05, 0.1) is 0 Å². The van der Waals surface area contributed by atoms with Crippen molar-refractivity contribution < 1.29 is 9.90 Å². The molecule has 0 saturated heterocycles. The summed E-state index contributed by atoms with van der Waals surface area (Å²) in [6.07, 6.45) is 2.88. The molecule has 2 aromatic rings. The normalized spacial score (nSPS) is 10.6. The number of carbonyl (C=O) groups excluding carboxylic acids is 1. The maximum atomic E-state index is 12.6. The van der Waals surface area contributed by atoms with E-state index >= 15 is 0 Å². The van der Waals surface area contributed by atoms with Crippen LogP contribution in [0.5, 0.6) is 5.75 Å². The Morgan fingerprint density at radius 3 is 2.76 bits per heavy atom. The van der Waals surface area contributed by atoms with Crippen LogP contribution in [0.3, 0.4) is 0 Å². The molecule has 0 spiro atoms. The van der Waals surface area contributed by atoms with Crippen molar-refractivity contribution in [2.45, 2.75) is 26.4 Å². The number of aryl methyl sites for hydroxylation is 1. The van der Waals surface area contributed by atoms with Gasteiger partial charge in [0.2, 0.25) is 0 Å². The second-order valence-corrected chi connectivity index (χ2v) is 5.94. The van der Waals surface area contributed by atoms with E-state index in [2.05, 4.69) is 22.9 Å². The molecule has 0 aliphatic rings. The number of hydrogen-bond acceptors (Lipinski definition) is 2. The van der Waals surface area contributed by atoms with E-state index in [0.717, 1.165) is 23.0 Å². The number of aromatic hydroxyl groups is 1. The van der Waals surface area contributed by atoms with E-state index in [9.17, 15) is 9.90 Å². The van der Waals surface area contributed by atoms with Gasteiger partial charge in [-0.05, 0) is 34.5 Å². The number of phenolic OH excluding ortho intramolecular Hbond substituents is 1. The fourth-order valence-corrected chi connectivity index (χ4v) is 2.71. The number of phenols is 1. The zero-order chi connectivity index (χ0) is 15.4. The highest BCUT2D eigenvalue weighted by Gasteiger charge is 2.18. The van der Waals surface area contributed by atoms with Crippen LogP contribution in [0.2, 0.25) is 0 Å². The van der Waals surface area contributed by atoms with E-state index in [-0.39, 0.29) is 11.7 Å². The van der Waals surface area contributed by atoms with Gasteiger partial charge in [-0.25, -0.2) is 0 Å². The van der Waals surface area contributed by atoms with Gasteiger partial charge in [-0.1, -0.05) is 25.1 Å². The van der Waals surface area contributed by atoms with Gasteiger partial charge in [0, 0.05) is 36.4 Å². The van der Waals surface area contributed by atoms with Crippen LogP contribution in [0, 0.1) is 0 Å². The van der Waals surface area contributed by atoms with Crippen LogP contribution in [0.1, 0.15) is 29.4 Å². The average Bonchev–Trinajstić information content (AvgIpc) is 2.81. The molecule has 1 heterocycles. The first-order valence-corrected chi connectivity index (χ1v) is 7.70. The summed E-state index contributed by atoms with van der Waals surface area (Å²) >= 11 is 3.42. The fourth-order valence-electron chi connectivity index (χ4n) is 2.25. The molecule has 5 heteroatoms. The quantitative estimate of drug-likeness (QED) is 0.894. The van der Waals surface area contributed by atoms with Crippen molar-refractivity contribution in [3.63, 3.8) is 0 Å². The Balaban J connectivity index is 2.18. The first-order chi connectivity index (χ1) is 10.0. The molecule has 0 fully saturated rings. The lowest BCUT2D eigenvalue weighted by Crippen LogP contribution is -2.28. The predicted molar refractivity (Wildman–Crippen MR) is 86.3 cm³/mol.